The molecule has 0 saturated heterocycles. The smallest absolute Gasteiger partial charge is 0.145 e. The molecule has 2 N–H and O–H groups in total. The molecule has 0 radical (unpaired) electrons. The van der Waals surface area contributed by atoms with Crippen LogP contribution in [0.15, 0.2) is 10.8 Å². The number of nitrogens with zero attached hydrogens (tertiary/aromatic N) is 2. The summed E-state index contributed by atoms with van der Waals surface area (Å²) in [6.45, 7) is 0.627. The average molecular weight is 293 g/mol. The zero-order chi connectivity index (χ0) is 11.3. The first kappa shape index (κ1) is 12.4. The molecule has 0 amide bonds. The van der Waals surface area contributed by atoms with Gasteiger partial charge in [0.05, 0.1) is 0 Å². The van der Waals surface area contributed by atoms with E-state index >= 15 is 0 Å². The average Bonchev–Trinajstić information content (AvgIpc) is 2.20. The molecule has 5 nitrogen and oxygen atoms in total. The molecular formula is C8H13BrN4OS. The number of aromatic nitrogens is 2. The van der Waals surface area contributed by atoms with Crippen LogP contribution in [0, 0.1) is 0 Å². The Bertz CT molecular complexity index is 360. The second-order valence-corrected chi connectivity index (χ2v) is 5.19. The van der Waals surface area contributed by atoms with E-state index in [9.17, 15) is 4.21 Å². The van der Waals surface area contributed by atoms with Crippen LogP contribution in [0.2, 0.25) is 0 Å². The predicted octanol–water partition coefficient (Wildman–Crippen LogP) is 1.07. The number of hydrogen-bond donors (Lipinski definition) is 2. The molecule has 0 aliphatic rings. The Morgan fingerprint density at radius 3 is 2.73 bits per heavy atom. The quantitative estimate of drug-likeness (QED) is 0.850. The van der Waals surface area contributed by atoms with Crippen LogP contribution in [-0.2, 0) is 10.8 Å². The fraction of sp³-hybridized carbons (Fsp3) is 0.500. The summed E-state index contributed by atoms with van der Waals surface area (Å²) in [5.74, 6) is 2.04. The molecule has 0 aliphatic carbocycles. The van der Waals surface area contributed by atoms with Crippen LogP contribution in [0.3, 0.4) is 0 Å². The van der Waals surface area contributed by atoms with Gasteiger partial charge in [0.2, 0.25) is 0 Å². The summed E-state index contributed by atoms with van der Waals surface area (Å²) in [4.78, 5) is 8.11. The van der Waals surface area contributed by atoms with Gasteiger partial charge in [-0.15, -0.1) is 0 Å². The van der Waals surface area contributed by atoms with Crippen LogP contribution >= 0.6 is 15.9 Å². The van der Waals surface area contributed by atoms with Crippen molar-refractivity contribution in [3.63, 3.8) is 0 Å². The van der Waals surface area contributed by atoms with E-state index < -0.39 is 10.8 Å². The molecule has 0 saturated carbocycles. The Hall–Kier alpha value is -0.690. The molecule has 0 aromatic carbocycles. The third-order valence-corrected chi connectivity index (χ3v) is 3.24. The third kappa shape index (κ3) is 3.75. The van der Waals surface area contributed by atoms with Crippen LogP contribution in [0.1, 0.15) is 0 Å². The van der Waals surface area contributed by atoms with Gasteiger partial charge < -0.3 is 10.6 Å². The van der Waals surface area contributed by atoms with Gasteiger partial charge in [-0.2, -0.15) is 0 Å². The zero-order valence-corrected chi connectivity index (χ0v) is 11.0. The highest BCUT2D eigenvalue weighted by Crippen LogP contribution is 2.25. The standard InChI is InChI=1S/C8H13BrN4OS/c1-10-7-6(9)8(13-5-12-7)11-3-4-15(2)14/h5H,3-4H2,1-2H3,(H2,10,11,12,13). The Morgan fingerprint density at radius 1 is 1.47 bits per heavy atom. The first-order valence-corrected chi connectivity index (χ1v) is 6.89. The van der Waals surface area contributed by atoms with Gasteiger partial charge in [0, 0.05) is 36.4 Å². The maximum absolute atomic E-state index is 10.9. The Morgan fingerprint density at radius 2 is 2.13 bits per heavy atom. The summed E-state index contributed by atoms with van der Waals surface area (Å²) in [5, 5.41) is 6.02. The highest BCUT2D eigenvalue weighted by molar-refractivity contribution is 9.10. The summed E-state index contributed by atoms with van der Waals surface area (Å²) in [7, 11) is 1.000. The second-order valence-electron chi connectivity index (χ2n) is 2.84. The summed E-state index contributed by atoms with van der Waals surface area (Å²) in [6.07, 6.45) is 3.15. The van der Waals surface area contributed by atoms with Gasteiger partial charge in [-0.3, -0.25) is 4.21 Å². The fourth-order valence-corrected chi connectivity index (χ4v) is 1.91. The first-order chi connectivity index (χ1) is 7.15. The maximum atomic E-state index is 10.9. The summed E-state index contributed by atoms with van der Waals surface area (Å²) in [5.41, 5.74) is 0. The Kier molecular flexibility index (Phi) is 4.97. The van der Waals surface area contributed by atoms with Gasteiger partial charge in [0.15, 0.2) is 0 Å². The van der Waals surface area contributed by atoms with Crippen molar-refractivity contribution < 1.29 is 4.21 Å². The molecule has 0 aliphatic heterocycles. The van der Waals surface area contributed by atoms with Crippen molar-refractivity contribution >= 4 is 38.4 Å². The monoisotopic (exact) mass is 292 g/mol. The lowest BCUT2D eigenvalue weighted by Gasteiger charge is -2.08. The molecule has 1 atom stereocenters. The minimum atomic E-state index is -0.790. The lowest BCUT2D eigenvalue weighted by Crippen LogP contribution is -2.12. The second kappa shape index (κ2) is 6.02. The predicted molar refractivity (Wildman–Crippen MR) is 66.7 cm³/mol. The highest BCUT2D eigenvalue weighted by Gasteiger charge is 2.06. The highest BCUT2D eigenvalue weighted by atomic mass is 79.9. The Balaban J connectivity index is 2.64. The molecule has 7 heteroatoms. The van der Waals surface area contributed by atoms with E-state index in [0.29, 0.717) is 18.1 Å². The molecule has 1 heterocycles. The van der Waals surface area contributed by atoms with Crippen LogP contribution in [-0.4, -0.2) is 39.8 Å². The summed E-state index contributed by atoms with van der Waals surface area (Å²) < 4.78 is 11.6. The molecule has 1 unspecified atom stereocenters. The summed E-state index contributed by atoms with van der Waals surface area (Å²) in [6, 6.07) is 0. The molecule has 0 fully saturated rings. The summed E-state index contributed by atoms with van der Waals surface area (Å²) >= 11 is 3.38. The topological polar surface area (TPSA) is 66.9 Å². The van der Waals surface area contributed by atoms with Crippen molar-refractivity contribution in [2.24, 2.45) is 0 Å². The first-order valence-electron chi connectivity index (χ1n) is 4.37. The Labute approximate surface area is 99.7 Å². The van der Waals surface area contributed by atoms with Gasteiger partial charge >= 0.3 is 0 Å². The van der Waals surface area contributed by atoms with E-state index in [0.717, 1.165) is 10.3 Å². The van der Waals surface area contributed by atoms with Crippen LogP contribution in [0.5, 0.6) is 0 Å². The molecule has 84 valence electrons. The fourth-order valence-electron chi connectivity index (χ4n) is 0.981. The van der Waals surface area contributed by atoms with Crippen molar-refractivity contribution in [1.29, 1.82) is 0 Å². The number of rotatable bonds is 5. The van der Waals surface area contributed by atoms with Crippen molar-refractivity contribution in [1.82, 2.24) is 9.97 Å². The van der Waals surface area contributed by atoms with Crippen LogP contribution < -0.4 is 10.6 Å². The number of nitrogens with one attached hydrogen (secondary N) is 2. The van der Waals surface area contributed by atoms with E-state index in [1.54, 1.807) is 13.3 Å². The lowest BCUT2D eigenvalue weighted by molar-refractivity contribution is 0.687. The van der Waals surface area contributed by atoms with Crippen molar-refractivity contribution in [2.45, 2.75) is 0 Å². The molecule has 0 spiro atoms. The van der Waals surface area contributed by atoms with Gasteiger partial charge in [-0.25, -0.2) is 9.97 Å². The van der Waals surface area contributed by atoms with E-state index in [1.165, 1.54) is 6.33 Å². The number of anilines is 2. The van der Waals surface area contributed by atoms with Gasteiger partial charge in [-0.1, -0.05) is 0 Å². The normalized spacial score (nSPS) is 12.2. The van der Waals surface area contributed by atoms with Crippen molar-refractivity contribution in [3.05, 3.63) is 10.8 Å². The molecule has 1 aromatic rings. The van der Waals surface area contributed by atoms with Crippen LogP contribution in [0.4, 0.5) is 11.6 Å². The third-order valence-electron chi connectivity index (χ3n) is 1.71. The van der Waals surface area contributed by atoms with E-state index in [2.05, 4.69) is 36.5 Å². The minimum absolute atomic E-state index is 0.603. The SMILES string of the molecule is CNc1ncnc(NCCS(C)=O)c1Br. The molecule has 0 bridgehead atoms. The van der Waals surface area contributed by atoms with Gasteiger partial charge in [-0.05, 0) is 15.9 Å². The number of halogens is 1. The number of hydrogen-bond acceptors (Lipinski definition) is 5. The van der Waals surface area contributed by atoms with Gasteiger partial charge in [0.25, 0.3) is 0 Å². The van der Waals surface area contributed by atoms with Crippen LogP contribution in [0.25, 0.3) is 0 Å². The zero-order valence-electron chi connectivity index (χ0n) is 8.58. The molecular weight excluding hydrogens is 280 g/mol. The molecule has 1 rings (SSSR count). The van der Waals surface area contributed by atoms with Crippen molar-refractivity contribution in [2.75, 3.05) is 36.2 Å². The maximum Gasteiger partial charge on any atom is 0.145 e. The minimum Gasteiger partial charge on any atom is -0.372 e. The van der Waals surface area contributed by atoms with Crippen molar-refractivity contribution in [3.8, 4) is 0 Å². The molecule has 1 aromatic heterocycles. The molecule has 15 heavy (non-hydrogen) atoms. The van der Waals surface area contributed by atoms with Gasteiger partial charge in [0.1, 0.15) is 22.4 Å². The van der Waals surface area contributed by atoms with E-state index in [4.69, 9.17) is 0 Å². The largest absolute Gasteiger partial charge is 0.372 e. The van der Waals surface area contributed by atoms with E-state index in [-0.39, 0.29) is 0 Å². The lowest BCUT2D eigenvalue weighted by atomic mass is 10.5. The van der Waals surface area contributed by atoms with E-state index in [1.807, 2.05) is 0 Å².